The number of rotatable bonds is 5. The highest BCUT2D eigenvalue weighted by atomic mass is 16.5. The molecule has 1 amide bonds. The van der Waals surface area contributed by atoms with Crippen LogP contribution in [0, 0.1) is 6.92 Å². The molecule has 0 saturated carbocycles. The number of methoxy groups -OCH3 is 1. The van der Waals surface area contributed by atoms with E-state index >= 15 is 0 Å². The van der Waals surface area contributed by atoms with Gasteiger partial charge in [-0.1, -0.05) is 0 Å². The molecule has 3 aromatic rings. The van der Waals surface area contributed by atoms with E-state index in [0.717, 1.165) is 18.4 Å². The van der Waals surface area contributed by atoms with E-state index < -0.39 is 0 Å². The Morgan fingerprint density at radius 3 is 2.68 bits per heavy atom. The number of nitrogens with zero attached hydrogens (tertiary/aromatic N) is 5. The van der Waals surface area contributed by atoms with Gasteiger partial charge < -0.3 is 20.1 Å². The summed E-state index contributed by atoms with van der Waals surface area (Å²) in [6.07, 6.45) is 6.26. The van der Waals surface area contributed by atoms with Gasteiger partial charge in [0.25, 0.3) is 5.91 Å². The highest BCUT2D eigenvalue weighted by Gasteiger charge is 2.32. The molecule has 9 heteroatoms. The van der Waals surface area contributed by atoms with Crippen molar-refractivity contribution in [2.45, 2.75) is 38.8 Å². The molecule has 1 aliphatic heterocycles. The molecule has 2 unspecified atom stereocenters. The van der Waals surface area contributed by atoms with Crippen LogP contribution in [0.5, 0.6) is 11.6 Å². The molecular weight excluding hydrogens is 396 g/mol. The van der Waals surface area contributed by atoms with Crippen LogP contribution in [0.3, 0.4) is 0 Å². The Labute approximate surface area is 180 Å². The Morgan fingerprint density at radius 2 is 1.94 bits per heavy atom. The van der Waals surface area contributed by atoms with E-state index in [1.54, 1.807) is 50.0 Å². The van der Waals surface area contributed by atoms with Gasteiger partial charge in [0, 0.05) is 29.6 Å². The lowest BCUT2D eigenvalue weighted by Gasteiger charge is -2.38. The Kier molecular flexibility index (Phi) is 5.75. The summed E-state index contributed by atoms with van der Waals surface area (Å²) in [4.78, 5) is 21.1. The quantitative estimate of drug-likeness (QED) is 0.673. The Bertz CT molecular complexity index is 1070. The van der Waals surface area contributed by atoms with E-state index in [4.69, 9.17) is 15.2 Å². The third-order valence-electron chi connectivity index (χ3n) is 5.65. The minimum Gasteiger partial charge on any atom is -0.497 e. The fourth-order valence-electron chi connectivity index (χ4n) is 3.74. The monoisotopic (exact) mass is 422 g/mol. The van der Waals surface area contributed by atoms with E-state index in [1.807, 2.05) is 18.7 Å². The third-order valence-corrected chi connectivity index (χ3v) is 5.65. The molecule has 1 saturated heterocycles. The first kappa shape index (κ1) is 20.6. The lowest BCUT2D eigenvalue weighted by Crippen LogP contribution is -2.49. The zero-order chi connectivity index (χ0) is 22.0. The van der Waals surface area contributed by atoms with Crippen LogP contribution in [0.4, 0.5) is 5.69 Å². The maximum atomic E-state index is 13.6. The number of amides is 1. The summed E-state index contributed by atoms with van der Waals surface area (Å²) < 4.78 is 11.5. The summed E-state index contributed by atoms with van der Waals surface area (Å²) in [7, 11) is 1.58. The number of pyridine rings is 1. The van der Waals surface area contributed by atoms with Crippen molar-refractivity contribution in [3.05, 3.63) is 54.0 Å². The summed E-state index contributed by atoms with van der Waals surface area (Å²) in [5.41, 5.74) is 8.49. The van der Waals surface area contributed by atoms with Crippen LogP contribution in [0.25, 0.3) is 5.69 Å². The Balaban J connectivity index is 1.60. The zero-order valence-corrected chi connectivity index (χ0v) is 17.9. The van der Waals surface area contributed by atoms with Crippen molar-refractivity contribution in [2.24, 2.45) is 0 Å². The van der Waals surface area contributed by atoms with Crippen molar-refractivity contribution < 1.29 is 14.3 Å². The van der Waals surface area contributed by atoms with Crippen LogP contribution in [0.2, 0.25) is 0 Å². The normalized spacial score (nSPS) is 18.6. The average Bonchev–Trinajstić information content (AvgIpc) is 3.32. The molecule has 0 bridgehead atoms. The molecular formula is C22H26N6O3. The van der Waals surface area contributed by atoms with E-state index in [2.05, 4.69) is 15.2 Å². The van der Waals surface area contributed by atoms with Gasteiger partial charge in [-0.3, -0.25) is 4.79 Å². The molecule has 162 valence electrons. The highest BCUT2D eigenvalue weighted by molar-refractivity contribution is 5.98. The van der Waals surface area contributed by atoms with Gasteiger partial charge in [0.1, 0.15) is 17.5 Å². The van der Waals surface area contributed by atoms with Crippen LogP contribution < -0.4 is 15.2 Å². The smallest absolute Gasteiger partial charge is 0.256 e. The standard InChI is InChI=1S/C22H26N6O3/c1-14-4-5-17(31-21-15(2)19(23)8-9-24-21)13-27(14)22(29)18-7-6-16(30-3)12-20(18)28-25-10-11-26-28/h6-12,14,17H,4-5,13H2,1-3H3,(H2,23,24). The van der Waals surface area contributed by atoms with Crippen LogP contribution >= 0.6 is 0 Å². The van der Waals surface area contributed by atoms with Gasteiger partial charge in [-0.25, -0.2) is 4.98 Å². The molecule has 0 spiro atoms. The summed E-state index contributed by atoms with van der Waals surface area (Å²) in [5, 5.41) is 8.38. The van der Waals surface area contributed by atoms with Crippen LogP contribution in [0.1, 0.15) is 35.7 Å². The molecule has 2 aromatic heterocycles. The number of ether oxygens (including phenoxy) is 2. The minimum absolute atomic E-state index is 0.0720. The molecule has 3 heterocycles. The number of nitrogen functional groups attached to an aromatic ring is 1. The zero-order valence-electron chi connectivity index (χ0n) is 17.9. The first-order valence-electron chi connectivity index (χ1n) is 10.2. The number of hydrogen-bond acceptors (Lipinski definition) is 7. The van der Waals surface area contributed by atoms with Gasteiger partial charge in [-0.05, 0) is 44.9 Å². The summed E-state index contributed by atoms with van der Waals surface area (Å²) >= 11 is 0. The second kappa shape index (κ2) is 8.63. The topological polar surface area (TPSA) is 108 Å². The fraction of sp³-hybridized carbons (Fsp3) is 0.364. The Morgan fingerprint density at radius 1 is 1.16 bits per heavy atom. The van der Waals surface area contributed by atoms with E-state index in [0.29, 0.717) is 35.1 Å². The van der Waals surface area contributed by atoms with Gasteiger partial charge >= 0.3 is 0 Å². The second-order valence-electron chi connectivity index (χ2n) is 7.66. The van der Waals surface area contributed by atoms with Crippen molar-refractivity contribution >= 4 is 11.6 Å². The van der Waals surface area contributed by atoms with Gasteiger partial charge in [0.15, 0.2) is 0 Å². The van der Waals surface area contributed by atoms with Crippen molar-refractivity contribution in [1.82, 2.24) is 24.9 Å². The van der Waals surface area contributed by atoms with Gasteiger partial charge in [-0.2, -0.15) is 15.0 Å². The summed E-state index contributed by atoms with van der Waals surface area (Å²) in [6, 6.07) is 7.09. The number of carbonyl (C=O) groups is 1. The van der Waals surface area contributed by atoms with Crippen LogP contribution in [0.15, 0.2) is 42.9 Å². The van der Waals surface area contributed by atoms with Crippen molar-refractivity contribution in [3.8, 4) is 17.3 Å². The lowest BCUT2D eigenvalue weighted by molar-refractivity contribution is 0.0371. The van der Waals surface area contributed by atoms with E-state index in [-0.39, 0.29) is 18.1 Å². The number of nitrogens with two attached hydrogens (primary N) is 1. The summed E-state index contributed by atoms with van der Waals surface area (Å²) in [6.45, 7) is 4.38. The lowest BCUT2D eigenvalue weighted by atomic mass is 9.99. The summed E-state index contributed by atoms with van der Waals surface area (Å²) in [5.74, 6) is 1.03. The maximum absolute atomic E-state index is 13.6. The largest absolute Gasteiger partial charge is 0.497 e. The number of aromatic nitrogens is 4. The fourth-order valence-corrected chi connectivity index (χ4v) is 3.74. The van der Waals surface area contributed by atoms with E-state index in [9.17, 15) is 4.79 Å². The minimum atomic E-state index is -0.169. The molecule has 1 aromatic carbocycles. The number of anilines is 1. The maximum Gasteiger partial charge on any atom is 0.256 e. The first-order chi connectivity index (χ1) is 15.0. The van der Waals surface area contributed by atoms with Gasteiger partial charge in [0.2, 0.25) is 5.88 Å². The molecule has 2 N–H and O–H groups in total. The molecule has 4 rings (SSSR count). The van der Waals surface area contributed by atoms with Crippen LogP contribution in [-0.2, 0) is 0 Å². The molecule has 0 radical (unpaired) electrons. The predicted octanol–water partition coefficient (Wildman–Crippen LogP) is 2.63. The highest BCUT2D eigenvalue weighted by Crippen LogP contribution is 2.28. The molecule has 1 fully saturated rings. The van der Waals surface area contributed by atoms with Gasteiger partial charge in [0.05, 0.1) is 31.6 Å². The second-order valence-corrected chi connectivity index (χ2v) is 7.66. The number of hydrogen-bond donors (Lipinski definition) is 1. The Hall–Kier alpha value is -3.62. The van der Waals surface area contributed by atoms with Crippen molar-refractivity contribution in [3.63, 3.8) is 0 Å². The van der Waals surface area contributed by atoms with E-state index in [1.165, 1.54) is 4.80 Å². The number of benzene rings is 1. The van der Waals surface area contributed by atoms with Crippen molar-refractivity contribution in [1.29, 1.82) is 0 Å². The third kappa shape index (κ3) is 4.16. The molecule has 9 nitrogen and oxygen atoms in total. The average molecular weight is 422 g/mol. The number of piperidine rings is 1. The molecule has 31 heavy (non-hydrogen) atoms. The van der Waals surface area contributed by atoms with Crippen molar-refractivity contribution in [2.75, 3.05) is 19.4 Å². The molecule has 1 aliphatic rings. The predicted molar refractivity (Wildman–Crippen MR) is 115 cm³/mol. The van der Waals surface area contributed by atoms with Crippen LogP contribution in [-0.4, -0.2) is 56.6 Å². The molecule has 0 aliphatic carbocycles. The molecule has 2 atom stereocenters. The number of likely N-dealkylation sites (tertiary alicyclic amines) is 1. The van der Waals surface area contributed by atoms with Gasteiger partial charge in [-0.15, -0.1) is 0 Å². The first-order valence-corrected chi connectivity index (χ1v) is 10.2. The SMILES string of the molecule is COc1ccc(C(=O)N2CC(Oc3nccc(N)c3C)CCC2C)c(-n2nccn2)c1. The number of carbonyl (C=O) groups excluding carboxylic acids is 1.